The number of ether oxygens (including phenoxy) is 1. The third-order valence-corrected chi connectivity index (χ3v) is 1.96. The third kappa shape index (κ3) is 2.90. The lowest BCUT2D eigenvalue weighted by molar-refractivity contribution is 0.102. The number of terminal acetylenes is 1. The number of halogens is 1. The summed E-state index contributed by atoms with van der Waals surface area (Å²) < 4.78 is 5.02. The van der Waals surface area contributed by atoms with Gasteiger partial charge in [-0.15, -0.1) is 18.0 Å². The van der Waals surface area contributed by atoms with Crippen molar-refractivity contribution in [2.45, 2.75) is 0 Å². The smallest absolute Gasteiger partial charge is 0.177 e. The molecule has 0 aliphatic heterocycles. The van der Waals surface area contributed by atoms with Crippen molar-refractivity contribution in [1.82, 2.24) is 0 Å². The molecule has 1 rings (SSSR count). The molecular formula is C11H9ClO3. The molecule has 15 heavy (non-hydrogen) atoms. The highest BCUT2D eigenvalue weighted by molar-refractivity contribution is 6.30. The van der Waals surface area contributed by atoms with Gasteiger partial charge in [0, 0.05) is 5.56 Å². The minimum Gasteiger partial charge on any atom is -0.504 e. The van der Waals surface area contributed by atoms with Gasteiger partial charge in [-0.05, 0) is 18.2 Å². The van der Waals surface area contributed by atoms with Gasteiger partial charge in [0.2, 0.25) is 0 Å². The molecule has 1 N–H and O–H groups in total. The van der Waals surface area contributed by atoms with Crippen LogP contribution < -0.4 is 4.74 Å². The van der Waals surface area contributed by atoms with Gasteiger partial charge in [0.05, 0.1) is 5.88 Å². The minimum absolute atomic E-state index is 0.0658. The summed E-state index contributed by atoms with van der Waals surface area (Å²) in [5.74, 6) is 2.02. The van der Waals surface area contributed by atoms with Crippen molar-refractivity contribution >= 4 is 17.4 Å². The van der Waals surface area contributed by atoms with Gasteiger partial charge in [0.1, 0.15) is 6.61 Å². The molecule has 78 valence electrons. The Morgan fingerprint density at radius 2 is 2.33 bits per heavy atom. The Morgan fingerprint density at radius 1 is 1.60 bits per heavy atom. The second-order valence-electron chi connectivity index (χ2n) is 2.73. The van der Waals surface area contributed by atoms with E-state index in [1.807, 2.05) is 0 Å². The van der Waals surface area contributed by atoms with Gasteiger partial charge in [-0.25, -0.2) is 0 Å². The molecule has 0 radical (unpaired) electrons. The molecule has 0 aliphatic rings. The van der Waals surface area contributed by atoms with Crippen molar-refractivity contribution in [3.8, 4) is 23.8 Å². The summed E-state index contributed by atoms with van der Waals surface area (Å²) in [5.41, 5.74) is 0.343. The average Bonchev–Trinajstić information content (AvgIpc) is 2.26. The van der Waals surface area contributed by atoms with Gasteiger partial charge in [-0.2, -0.15) is 0 Å². The van der Waals surface area contributed by atoms with Crippen molar-refractivity contribution in [2.24, 2.45) is 0 Å². The highest BCUT2D eigenvalue weighted by atomic mass is 35.5. The second-order valence-corrected chi connectivity index (χ2v) is 3.00. The summed E-state index contributed by atoms with van der Waals surface area (Å²) in [6, 6.07) is 4.30. The van der Waals surface area contributed by atoms with E-state index in [-0.39, 0.29) is 29.8 Å². The minimum atomic E-state index is -0.254. The number of alkyl halides is 1. The fourth-order valence-corrected chi connectivity index (χ4v) is 1.16. The molecule has 1 aromatic carbocycles. The Balaban J connectivity index is 2.89. The van der Waals surface area contributed by atoms with Crippen LogP contribution in [0.2, 0.25) is 0 Å². The van der Waals surface area contributed by atoms with Crippen LogP contribution >= 0.6 is 11.6 Å². The average molecular weight is 225 g/mol. The molecule has 0 saturated carbocycles. The van der Waals surface area contributed by atoms with Crippen LogP contribution in [0.3, 0.4) is 0 Å². The van der Waals surface area contributed by atoms with Crippen LogP contribution in [0.25, 0.3) is 0 Å². The predicted octanol–water partition coefficient (Wildman–Crippen LogP) is 1.83. The standard InChI is InChI=1S/C11H9ClO3/c1-2-5-15-11-4-3-8(6-9(11)13)10(14)7-12/h1,3-4,6,13H,5,7H2. The highest BCUT2D eigenvalue weighted by Crippen LogP contribution is 2.26. The molecular weight excluding hydrogens is 216 g/mol. The molecule has 0 aromatic heterocycles. The fourth-order valence-electron chi connectivity index (χ4n) is 1.01. The number of hydrogen-bond donors (Lipinski definition) is 1. The summed E-state index contributed by atoms with van der Waals surface area (Å²) in [6.07, 6.45) is 5.00. The summed E-state index contributed by atoms with van der Waals surface area (Å²) in [5, 5.41) is 9.47. The van der Waals surface area contributed by atoms with E-state index in [9.17, 15) is 9.90 Å². The molecule has 0 amide bonds. The maximum absolute atomic E-state index is 11.2. The second kappa shape index (κ2) is 5.28. The molecule has 0 fully saturated rings. The normalized spacial score (nSPS) is 9.33. The highest BCUT2D eigenvalue weighted by Gasteiger charge is 2.08. The number of phenolic OH excluding ortho intramolecular Hbond substituents is 1. The van der Waals surface area contributed by atoms with Crippen LogP contribution in [-0.4, -0.2) is 23.4 Å². The zero-order chi connectivity index (χ0) is 11.3. The Labute approximate surface area is 92.6 Å². The number of Topliss-reactive ketones (excluding diaryl/α,β-unsaturated/α-hetero) is 1. The molecule has 0 unspecified atom stereocenters. The van der Waals surface area contributed by atoms with Crippen LogP contribution in [0, 0.1) is 12.3 Å². The third-order valence-electron chi connectivity index (χ3n) is 1.71. The molecule has 0 aliphatic carbocycles. The van der Waals surface area contributed by atoms with E-state index in [1.54, 1.807) is 0 Å². The summed E-state index contributed by atoms with van der Waals surface area (Å²) >= 11 is 5.37. The first-order valence-electron chi connectivity index (χ1n) is 4.17. The largest absolute Gasteiger partial charge is 0.504 e. The van der Waals surface area contributed by atoms with Crippen LogP contribution in [0.15, 0.2) is 18.2 Å². The van der Waals surface area contributed by atoms with Gasteiger partial charge in [-0.3, -0.25) is 4.79 Å². The van der Waals surface area contributed by atoms with E-state index >= 15 is 0 Å². The lowest BCUT2D eigenvalue weighted by atomic mass is 10.1. The number of aromatic hydroxyl groups is 1. The predicted molar refractivity (Wildman–Crippen MR) is 57.5 cm³/mol. The number of benzene rings is 1. The van der Waals surface area contributed by atoms with E-state index in [4.69, 9.17) is 22.8 Å². The number of carbonyl (C=O) groups excluding carboxylic acids is 1. The van der Waals surface area contributed by atoms with E-state index in [2.05, 4.69) is 5.92 Å². The van der Waals surface area contributed by atoms with Gasteiger partial charge in [-0.1, -0.05) is 5.92 Å². The Morgan fingerprint density at radius 3 is 2.87 bits per heavy atom. The molecule has 4 heteroatoms. The lowest BCUT2D eigenvalue weighted by Crippen LogP contribution is -2.00. The van der Waals surface area contributed by atoms with Crippen molar-refractivity contribution in [1.29, 1.82) is 0 Å². The maximum Gasteiger partial charge on any atom is 0.177 e. The first-order chi connectivity index (χ1) is 7.19. The molecule has 0 atom stereocenters. The topological polar surface area (TPSA) is 46.5 Å². The van der Waals surface area contributed by atoms with Crippen molar-refractivity contribution < 1.29 is 14.6 Å². The Hall–Kier alpha value is -1.66. The monoisotopic (exact) mass is 224 g/mol. The first kappa shape index (κ1) is 11.4. The van der Waals surface area contributed by atoms with Gasteiger partial charge in [0.15, 0.2) is 17.3 Å². The van der Waals surface area contributed by atoms with Crippen LogP contribution in [0.5, 0.6) is 11.5 Å². The van der Waals surface area contributed by atoms with Gasteiger partial charge >= 0.3 is 0 Å². The van der Waals surface area contributed by atoms with Crippen molar-refractivity contribution in [2.75, 3.05) is 12.5 Å². The van der Waals surface area contributed by atoms with Crippen LogP contribution in [0.1, 0.15) is 10.4 Å². The molecule has 0 spiro atoms. The van der Waals surface area contributed by atoms with E-state index < -0.39 is 0 Å². The lowest BCUT2D eigenvalue weighted by Gasteiger charge is -2.05. The molecule has 0 heterocycles. The van der Waals surface area contributed by atoms with Gasteiger partial charge < -0.3 is 9.84 Å². The van der Waals surface area contributed by atoms with Crippen LogP contribution in [-0.2, 0) is 0 Å². The van der Waals surface area contributed by atoms with Crippen molar-refractivity contribution in [3.05, 3.63) is 23.8 Å². The summed E-state index contributed by atoms with van der Waals surface area (Å²) in [7, 11) is 0. The van der Waals surface area contributed by atoms with E-state index in [0.29, 0.717) is 5.56 Å². The van der Waals surface area contributed by atoms with E-state index in [1.165, 1.54) is 18.2 Å². The molecule has 3 nitrogen and oxygen atoms in total. The number of phenols is 1. The molecule has 0 saturated heterocycles. The summed E-state index contributed by atoms with van der Waals surface area (Å²) in [6.45, 7) is 0.0658. The Kier molecular flexibility index (Phi) is 4.02. The number of rotatable bonds is 4. The number of ketones is 1. The number of hydrogen-bond acceptors (Lipinski definition) is 3. The number of carbonyl (C=O) groups is 1. The molecule has 0 bridgehead atoms. The van der Waals surface area contributed by atoms with Crippen molar-refractivity contribution in [3.63, 3.8) is 0 Å². The SMILES string of the molecule is C#CCOc1ccc(C(=O)CCl)cc1O. The van der Waals surface area contributed by atoms with Gasteiger partial charge in [0.25, 0.3) is 0 Å². The first-order valence-corrected chi connectivity index (χ1v) is 4.71. The zero-order valence-corrected chi connectivity index (χ0v) is 8.62. The molecule has 1 aromatic rings. The van der Waals surface area contributed by atoms with Crippen LogP contribution in [0.4, 0.5) is 0 Å². The Bertz CT molecular complexity index is 407. The summed E-state index contributed by atoms with van der Waals surface area (Å²) in [4.78, 5) is 11.2. The zero-order valence-electron chi connectivity index (χ0n) is 7.87. The maximum atomic E-state index is 11.2. The quantitative estimate of drug-likeness (QED) is 0.482. The van der Waals surface area contributed by atoms with E-state index in [0.717, 1.165) is 0 Å². The fraction of sp³-hybridized carbons (Fsp3) is 0.182.